The second-order valence-electron chi connectivity index (χ2n) is 9.84. The van der Waals surface area contributed by atoms with Crippen LogP contribution in [0, 0.1) is 5.92 Å². The molecule has 3 aliphatic rings. The van der Waals surface area contributed by atoms with Crippen LogP contribution < -0.4 is 9.47 Å². The van der Waals surface area contributed by atoms with E-state index in [1.807, 2.05) is 12.1 Å². The van der Waals surface area contributed by atoms with Crippen LogP contribution in [0.25, 0.3) is 0 Å². The quantitative estimate of drug-likeness (QED) is 0.653. The minimum atomic E-state index is -4.13. The van der Waals surface area contributed by atoms with Gasteiger partial charge in [0.25, 0.3) is 0 Å². The van der Waals surface area contributed by atoms with E-state index < -0.39 is 18.2 Å². The summed E-state index contributed by atoms with van der Waals surface area (Å²) in [7, 11) is 1.59. The summed E-state index contributed by atoms with van der Waals surface area (Å²) >= 11 is 0. The van der Waals surface area contributed by atoms with Crippen molar-refractivity contribution in [2.75, 3.05) is 20.2 Å². The van der Waals surface area contributed by atoms with Crippen molar-refractivity contribution < 1.29 is 27.4 Å². The Hall–Kier alpha value is -1.47. The van der Waals surface area contributed by atoms with E-state index in [2.05, 4.69) is 25.7 Å². The molecule has 4 nitrogen and oxygen atoms in total. The topological polar surface area (TPSA) is 30.9 Å². The van der Waals surface area contributed by atoms with E-state index in [9.17, 15) is 13.2 Å². The van der Waals surface area contributed by atoms with Crippen LogP contribution in [-0.2, 0) is 11.2 Å². The summed E-state index contributed by atoms with van der Waals surface area (Å²) in [5, 5.41) is 0. The van der Waals surface area contributed by atoms with Gasteiger partial charge >= 0.3 is 6.18 Å². The largest absolute Gasteiger partial charge is 0.493 e. The van der Waals surface area contributed by atoms with Gasteiger partial charge in [-0.25, -0.2) is 0 Å². The molecule has 2 unspecified atom stereocenters. The fourth-order valence-electron chi connectivity index (χ4n) is 4.97. The lowest BCUT2D eigenvalue weighted by atomic mass is 9.81. The van der Waals surface area contributed by atoms with Crippen LogP contribution in [0.5, 0.6) is 11.5 Å². The normalized spacial score (nSPS) is 29.6. The molecule has 2 aliphatic heterocycles. The second kappa shape index (κ2) is 7.90. The monoisotopic (exact) mass is 427 g/mol. The number of nitrogens with zero attached hydrogens (tertiary/aromatic N) is 1. The minimum Gasteiger partial charge on any atom is -0.493 e. The Morgan fingerprint density at radius 2 is 1.73 bits per heavy atom. The molecule has 1 aromatic carbocycles. The number of hydrogen-bond acceptors (Lipinski definition) is 4. The molecule has 2 heterocycles. The molecule has 0 radical (unpaired) electrons. The molecule has 2 atom stereocenters. The van der Waals surface area contributed by atoms with Gasteiger partial charge < -0.3 is 14.2 Å². The zero-order valence-electron chi connectivity index (χ0n) is 18.2. The lowest BCUT2D eigenvalue weighted by Crippen LogP contribution is -2.47. The van der Waals surface area contributed by atoms with E-state index in [4.69, 9.17) is 14.2 Å². The highest BCUT2D eigenvalue weighted by Crippen LogP contribution is 2.46. The molecule has 0 N–H and O–H groups in total. The Kier molecular flexibility index (Phi) is 5.73. The minimum absolute atomic E-state index is 0.0231. The maximum absolute atomic E-state index is 12.8. The first kappa shape index (κ1) is 21.8. The van der Waals surface area contributed by atoms with Crippen LogP contribution in [0.1, 0.15) is 63.6 Å². The maximum atomic E-state index is 12.8. The number of halogens is 3. The number of alkyl halides is 3. The molecule has 1 saturated carbocycles. The van der Waals surface area contributed by atoms with Crippen molar-refractivity contribution in [3.63, 3.8) is 0 Å². The van der Waals surface area contributed by atoms with E-state index in [0.29, 0.717) is 17.5 Å². The molecule has 7 heteroatoms. The van der Waals surface area contributed by atoms with Crippen LogP contribution in [0.4, 0.5) is 13.2 Å². The summed E-state index contributed by atoms with van der Waals surface area (Å²) in [6.45, 7) is 8.15. The molecule has 1 saturated heterocycles. The van der Waals surface area contributed by atoms with Crippen LogP contribution in [0.3, 0.4) is 0 Å². The summed E-state index contributed by atoms with van der Waals surface area (Å²) in [5.41, 5.74) is 2.32. The van der Waals surface area contributed by atoms with Crippen LogP contribution in [-0.4, -0.2) is 49.1 Å². The van der Waals surface area contributed by atoms with Crippen molar-refractivity contribution in [3.8, 4) is 11.5 Å². The van der Waals surface area contributed by atoms with Crippen LogP contribution >= 0.6 is 0 Å². The zero-order valence-corrected chi connectivity index (χ0v) is 18.2. The van der Waals surface area contributed by atoms with Gasteiger partial charge in [-0.3, -0.25) is 4.90 Å². The van der Waals surface area contributed by atoms with Gasteiger partial charge in [0.15, 0.2) is 11.5 Å². The molecular formula is C23H32F3NO3. The van der Waals surface area contributed by atoms with E-state index >= 15 is 0 Å². The summed E-state index contributed by atoms with van der Waals surface area (Å²) in [4.78, 5) is 2.49. The number of fused-ring (bicyclic) bond motifs is 3. The van der Waals surface area contributed by atoms with E-state index in [0.717, 1.165) is 32.4 Å². The molecular weight excluding hydrogens is 395 g/mol. The molecule has 0 amide bonds. The highest BCUT2D eigenvalue weighted by molar-refractivity contribution is 5.50. The third kappa shape index (κ3) is 4.57. The number of piperidine rings is 1. The van der Waals surface area contributed by atoms with Gasteiger partial charge in [-0.1, -0.05) is 0 Å². The predicted octanol–water partition coefficient (Wildman–Crippen LogP) is 5.29. The maximum Gasteiger partial charge on any atom is 0.392 e. The highest BCUT2D eigenvalue weighted by Gasteiger charge is 2.49. The Morgan fingerprint density at radius 3 is 2.37 bits per heavy atom. The number of methoxy groups -OCH3 is 1. The third-order valence-electron chi connectivity index (χ3n) is 6.47. The average molecular weight is 428 g/mol. The lowest BCUT2D eigenvalue weighted by Gasteiger charge is -2.45. The van der Waals surface area contributed by atoms with Gasteiger partial charge in [-0.05, 0) is 76.1 Å². The number of rotatable bonds is 4. The molecule has 1 aliphatic carbocycles. The standard InChI is InChI=1S/C23H32F3NO3/c1-22(2,3)30-16-5-6-19-18-12-20(28-4)21(9-14(18)7-8-27(19)13-16)29-17-10-15(11-17)23(24,25)26/h9,12,15-17,19H,5-8,10-11,13H2,1-4H3. The van der Waals surface area contributed by atoms with Gasteiger partial charge in [0, 0.05) is 19.1 Å². The van der Waals surface area contributed by atoms with Crippen molar-refractivity contribution in [1.82, 2.24) is 4.90 Å². The van der Waals surface area contributed by atoms with Gasteiger partial charge in [0.1, 0.15) is 6.10 Å². The van der Waals surface area contributed by atoms with E-state index in [1.54, 1.807) is 7.11 Å². The van der Waals surface area contributed by atoms with Crippen LogP contribution in [0.15, 0.2) is 12.1 Å². The van der Waals surface area contributed by atoms with Gasteiger partial charge in [0.2, 0.25) is 0 Å². The van der Waals surface area contributed by atoms with Crippen LogP contribution in [0.2, 0.25) is 0 Å². The molecule has 30 heavy (non-hydrogen) atoms. The van der Waals surface area contributed by atoms with Gasteiger partial charge in [0.05, 0.1) is 24.7 Å². The first-order valence-corrected chi connectivity index (χ1v) is 10.9. The molecule has 1 aromatic rings. The number of hydrogen-bond donors (Lipinski definition) is 0. The average Bonchev–Trinajstić information content (AvgIpc) is 2.60. The first-order chi connectivity index (χ1) is 14.0. The Morgan fingerprint density at radius 1 is 1.00 bits per heavy atom. The Balaban J connectivity index is 1.46. The van der Waals surface area contributed by atoms with E-state index in [-0.39, 0.29) is 24.5 Å². The molecule has 2 fully saturated rings. The predicted molar refractivity (Wildman–Crippen MR) is 108 cm³/mol. The zero-order chi connectivity index (χ0) is 21.7. The Bertz CT molecular complexity index is 768. The second-order valence-corrected chi connectivity index (χ2v) is 9.84. The summed E-state index contributed by atoms with van der Waals surface area (Å²) in [6.07, 6.45) is -1.30. The fourth-order valence-corrected chi connectivity index (χ4v) is 4.97. The number of benzene rings is 1. The van der Waals surface area contributed by atoms with Crippen molar-refractivity contribution in [1.29, 1.82) is 0 Å². The molecule has 0 aromatic heterocycles. The van der Waals surface area contributed by atoms with E-state index in [1.165, 1.54) is 11.1 Å². The third-order valence-corrected chi connectivity index (χ3v) is 6.47. The highest BCUT2D eigenvalue weighted by atomic mass is 19.4. The summed E-state index contributed by atoms with van der Waals surface area (Å²) in [6, 6.07) is 4.35. The van der Waals surface area contributed by atoms with Gasteiger partial charge in [-0.2, -0.15) is 13.2 Å². The molecule has 0 spiro atoms. The first-order valence-electron chi connectivity index (χ1n) is 10.9. The van der Waals surface area contributed by atoms with Crippen molar-refractivity contribution >= 4 is 0 Å². The fraction of sp³-hybridized carbons (Fsp3) is 0.739. The SMILES string of the molecule is COc1cc2c(cc1OC1CC(C(F)(F)F)C1)CCN1CC(OC(C)(C)C)CCC21. The molecule has 4 rings (SSSR count). The van der Waals surface area contributed by atoms with Gasteiger partial charge in [-0.15, -0.1) is 0 Å². The van der Waals surface area contributed by atoms with Crippen molar-refractivity contribution in [2.45, 2.75) is 82.9 Å². The summed E-state index contributed by atoms with van der Waals surface area (Å²) < 4.78 is 56.0. The molecule has 0 bridgehead atoms. The number of ether oxygens (including phenoxy) is 3. The lowest BCUT2D eigenvalue weighted by molar-refractivity contribution is -0.210. The smallest absolute Gasteiger partial charge is 0.392 e. The van der Waals surface area contributed by atoms with Crippen molar-refractivity contribution in [2.24, 2.45) is 5.92 Å². The Labute approximate surface area is 176 Å². The summed E-state index contributed by atoms with van der Waals surface area (Å²) in [5.74, 6) is -0.0654. The molecule has 168 valence electrons. The van der Waals surface area contributed by atoms with Crippen molar-refractivity contribution in [3.05, 3.63) is 23.3 Å².